The third-order valence-corrected chi connectivity index (χ3v) is 14.7. The topological polar surface area (TPSA) is 167 Å². The average molecular weight is 916 g/mol. The van der Waals surface area contributed by atoms with E-state index >= 15 is 0 Å². The first-order valence-corrected chi connectivity index (χ1v) is 26.7. The molecule has 2 N–H and O–H groups in total. The lowest BCUT2D eigenvalue weighted by Crippen LogP contribution is -2.44. The summed E-state index contributed by atoms with van der Waals surface area (Å²) in [6.07, 6.45) is 20.6. The Labute approximate surface area is 377 Å². The van der Waals surface area contributed by atoms with E-state index in [1.54, 1.807) is 29.7 Å². The van der Waals surface area contributed by atoms with Crippen LogP contribution in [0, 0.1) is 0 Å². The molecule has 352 valence electrons. The molecule has 4 heterocycles. The molecule has 2 aromatic heterocycles. The Balaban J connectivity index is 1.26. The summed E-state index contributed by atoms with van der Waals surface area (Å²) in [6, 6.07) is 6.86. The van der Waals surface area contributed by atoms with Gasteiger partial charge in [0.25, 0.3) is 5.56 Å². The summed E-state index contributed by atoms with van der Waals surface area (Å²) in [5.74, 6) is 0.134. The molecule has 4 atom stereocenters. The van der Waals surface area contributed by atoms with E-state index < -0.39 is 36.3 Å². The first kappa shape index (κ1) is 51.0. The Morgan fingerprint density at radius 1 is 0.905 bits per heavy atom. The molecule has 4 unspecified atom stereocenters. The summed E-state index contributed by atoms with van der Waals surface area (Å²) >= 11 is 0. The Morgan fingerprint density at radius 3 is 2.14 bits per heavy atom. The quantitative estimate of drug-likeness (QED) is 0.0279. The maximum atomic E-state index is 13.7. The van der Waals surface area contributed by atoms with Gasteiger partial charge >= 0.3 is 13.8 Å². The van der Waals surface area contributed by atoms with Crippen molar-refractivity contribution >= 4 is 35.5 Å². The highest BCUT2D eigenvalue weighted by Crippen LogP contribution is 2.47. The second-order valence-electron chi connectivity index (χ2n) is 17.8. The van der Waals surface area contributed by atoms with Gasteiger partial charge in [-0.25, -0.2) is 14.3 Å². The number of unbranched alkanes of at least 4 members (excludes halogenated alkanes) is 16. The number of nitrogens with zero attached hydrogens (tertiary/aromatic N) is 3. The van der Waals surface area contributed by atoms with Crippen LogP contribution in [-0.2, 0) is 59.5 Å². The van der Waals surface area contributed by atoms with Crippen molar-refractivity contribution in [2.24, 2.45) is 0 Å². The monoisotopic (exact) mass is 915 g/mol. The lowest BCUT2D eigenvalue weighted by molar-refractivity contribution is -0.172. The van der Waals surface area contributed by atoms with Gasteiger partial charge in [-0.2, -0.15) is 0 Å². The highest BCUT2D eigenvalue weighted by atomic mass is 32.2. The summed E-state index contributed by atoms with van der Waals surface area (Å²) in [6.45, 7) is 6.63. The van der Waals surface area contributed by atoms with Crippen molar-refractivity contribution in [3.05, 3.63) is 56.9 Å². The van der Waals surface area contributed by atoms with Crippen molar-refractivity contribution in [1.29, 1.82) is 0 Å². The fraction of sp³-hybridized carbons (Fsp3) is 0.688. The van der Waals surface area contributed by atoms with Crippen LogP contribution < -0.4 is 10.1 Å². The molecule has 1 aromatic carbocycles. The number of phosphoric acid groups is 1. The van der Waals surface area contributed by atoms with Crippen molar-refractivity contribution in [3.8, 4) is 17.1 Å². The molecule has 5 rings (SSSR count). The van der Waals surface area contributed by atoms with Gasteiger partial charge in [0.15, 0.2) is 5.60 Å². The first-order chi connectivity index (χ1) is 30.3. The summed E-state index contributed by atoms with van der Waals surface area (Å²) in [4.78, 5) is 44.4. The van der Waals surface area contributed by atoms with E-state index in [2.05, 4.69) is 13.8 Å². The molecule has 2 aliphatic rings. The third-order valence-electron chi connectivity index (χ3n) is 12.3. The number of hydrogen-bond acceptors (Lipinski definition) is 11. The second-order valence-corrected chi connectivity index (χ2v) is 20.8. The summed E-state index contributed by atoms with van der Waals surface area (Å²) in [5, 5.41) is 11.9. The number of carbonyl (C=O) groups excluding carboxylic acids is 1. The second kappa shape index (κ2) is 25.1. The Kier molecular flexibility index (Phi) is 20.3. The number of hydrogen-bond donors (Lipinski definition) is 2. The number of benzene rings is 1. The first-order valence-electron chi connectivity index (χ1n) is 23.7. The number of aromatic nitrogens is 2. The minimum atomic E-state index is -4.70. The number of ether oxygens (including phenoxy) is 2. The van der Waals surface area contributed by atoms with E-state index in [1.807, 2.05) is 25.1 Å². The minimum Gasteiger partial charge on any atom is -0.458 e. The van der Waals surface area contributed by atoms with Gasteiger partial charge in [0, 0.05) is 51.8 Å². The fourth-order valence-electron chi connectivity index (χ4n) is 8.66. The Bertz CT molecular complexity index is 2090. The summed E-state index contributed by atoms with van der Waals surface area (Å²) in [7, 11) is -2.12. The predicted octanol–water partition coefficient (Wildman–Crippen LogP) is 9.83. The van der Waals surface area contributed by atoms with Gasteiger partial charge < -0.3 is 28.6 Å². The highest BCUT2D eigenvalue weighted by molar-refractivity contribution is 7.85. The lowest BCUT2D eigenvalue weighted by atomic mass is 9.86. The molecule has 0 spiro atoms. The molecule has 0 amide bonds. The van der Waals surface area contributed by atoms with E-state index in [0.29, 0.717) is 46.8 Å². The third kappa shape index (κ3) is 14.3. The van der Waals surface area contributed by atoms with Crippen LogP contribution in [0.15, 0.2) is 29.1 Å². The minimum absolute atomic E-state index is 0.0424. The van der Waals surface area contributed by atoms with Crippen molar-refractivity contribution in [1.82, 2.24) is 14.5 Å². The van der Waals surface area contributed by atoms with E-state index in [4.69, 9.17) is 23.5 Å². The van der Waals surface area contributed by atoms with Gasteiger partial charge in [-0.1, -0.05) is 124 Å². The number of fused-ring (bicyclic) bond motifs is 5. The van der Waals surface area contributed by atoms with E-state index in [0.717, 1.165) is 44.1 Å². The number of cyclic esters (lactones) is 1. The average Bonchev–Trinajstić information content (AvgIpc) is 3.62. The molecular weight excluding hydrogens is 842 g/mol. The molecule has 0 radical (unpaired) electrons. The maximum absolute atomic E-state index is 13.7. The van der Waals surface area contributed by atoms with Crippen LogP contribution >= 0.6 is 7.82 Å². The molecule has 63 heavy (non-hydrogen) atoms. The molecule has 3 aromatic rings. The van der Waals surface area contributed by atoms with Crippen LogP contribution in [0.3, 0.4) is 0 Å². The summed E-state index contributed by atoms with van der Waals surface area (Å²) < 4.78 is 51.4. The van der Waals surface area contributed by atoms with Crippen molar-refractivity contribution < 1.29 is 42.1 Å². The van der Waals surface area contributed by atoms with Crippen molar-refractivity contribution in [2.45, 2.75) is 174 Å². The number of aliphatic hydroxyl groups is 1. The van der Waals surface area contributed by atoms with Crippen molar-refractivity contribution in [3.63, 3.8) is 0 Å². The molecule has 0 aliphatic carbocycles. The van der Waals surface area contributed by atoms with Gasteiger partial charge in [0.05, 0.1) is 47.5 Å². The van der Waals surface area contributed by atoms with Gasteiger partial charge in [-0.05, 0) is 57.6 Å². The van der Waals surface area contributed by atoms with Crippen molar-refractivity contribution in [2.75, 3.05) is 38.8 Å². The standard InChI is InChI=1S/C48H74N3O10PS/c1-6-9-11-13-15-17-18-20-22-24-28-63(57)35-37(58-27-23-21-19-16-14-12-10-7-2)33-60-62(55,56)61-44-26-25-42-38(39(44)32-50(4)5)29-36-31-51-43(45(36)49-42)30-41-40(46(51)52)34-59-47(53)48(41,54)8-3/h25-26,29-30,37,54H,6-24,27-28,31-35H2,1-5H3,(H,55,56). The Hall–Kier alpha value is -2.97. The molecule has 0 saturated heterocycles. The number of rotatable bonds is 31. The SMILES string of the molecule is CCCCCCCCCCCCS(=O)CC(COP(=O)(O)Oc1ccc2nc3c(cc2c1CN(C)C)Cn1c-3cc2c(c1=O)COC(=O)C2(O)CC)OCCCCCCCCCC. The molecule has 13 nitrogen and oxygen atoms in total. The largest absolute Gasteiger partial charge is 0.527 e. The highest BCUT2D eigenvalue weighted by Gasteiger charge is 2.45. The zero-order valence-corrected chi connectivity index (χ0v) is 40.3. The maximum Gasteiger partial charge on any atom is 0.527 e. The van der Waals surface area contributed by atoms with Crippen LogP contribution in [0.5, 0.6) is 5.75 Å². The molecule has 2 aliphatic heterocycles. The lowest BCUT2D eigenvalue weighted by Gasteiger charge is -2.31. The zero-order chi connectivity index (χ0) is 45.4. The van der Waals surface area contributed by atoms with E-state index in [-0.39, 0.29) is 54.4 Å². The smallest absolute Gasteiger partial charge is 0.458 e. The fourth-order valence-corrected chi connectivity index (χ4v) is 10.8. The van der Waals surface area contributed by atoms with Gasteiger partial charge in [0.2, 0.25) is 0 Å². The molecule has 15 heteroatoms. The predicted molar refractivity (Wildman–Crippen MR) is 250 cm³/mol. The number of carbonyl (C=O) groups is 1. The van der Waals surface area contributed by atoms with Crippen LogP contribution in [0.2, 0.25) is 0 Å². The zero-order valence-electron chi connectivity index (χ0n) is 38.6. The molecule has 0 fully saturated rings. The molecular formula is C48H74N3O10PS. The number of phosphoric ester groups is 1. The number of pyridine rings is 2. The normalized spacial score (nSPS) is 17.6. The summed E-state index contributed by atoms with van der Waals surface area (Å²) in [5.41, 5.74) is 1.12. The Morgan fingerprint density at radius 2 is 1.52 bits per heavy atom. The van der Waals surface area contributed by atoms with Gasteiger partial charge in [-0.15, -0.1) is 0 Å². The van der Waals surface area contributed by atoms with Crippen LogP contribution in [-0.4, -0.2) is 79.5 Å². The van der Waals surface area contributed by atoms with Crippen LogP contribution in [0.1, 0.15) is 165 Å². The van der Waals surface area contributed by atoms with E-state index in [1.165, 1.54) is 77.0 Å². The molecule has 0 bridgehead atoms. The van der Waals surface area contributed by atoms with Gasteiger partial charge in [0.1, 0.15) is 12.4 Å². The van der Waals surface area contributed by atoms with E-state index in [9.17, 15) is 28.4 Å². The van der Waals surface area contributed by atoms with Gasteiger partial charge in [-0.3, -0.25) is 18.4 Å². The van der Waals surface area contributed by atoms with Crippen LogP contribution in [0.25, 0.3) is 22.3 Å². The molecule has 0 saturated carbocycles. The van der Waals surface area contributed by atoms with Crippen LogP contribution in [0.4, 0.5) is 0 Å². The number of esters is 1.